The molecule has 1 saturated carbocycles. The lowest BCUT2D eigenvalue weighted by molar-refractivity contribution is -0.138. The Morgan fingerprint density at radius 1 is 1.03 bits per heavy atom. The Bertz CT molecular complexity index is 978. The number of carbonyl (C=O) groups excluding carboxylic acids is 2. The third-order valence-corrected chi connectivity index (χ3v) is 8.13. The fourth-order valence-corrected chi connectivity index (χ4v) is 5.77. The van der Waals surface area contributed by atoms with Crippen LogP contribution in [0.3, 0.4) is 0 Å². The second kappa shape index (κ2) is 12.6. The van der Waals surface area contributed by atoms with Gasteiger partial charge in [0, 0.05) is 28.4 Å². The third-order valence-electron chi connectivity index (χ3n) is 5.74. The minimum Gasteiger partial charge on any atom is -0.352 e. The summed E-state index contributed by atoms with van der Waals surface area (Å²) in [6, 6.07) is 10.1. The molecule has 0 saturated heterocycles. The van der Waals surface area contributed by atoms with Crippen molar-refractivity contribution >= 4 is 70.0 Å². The number of nitrogens with one attached hydrogen (secondary N) is 1. The first-order chi connectivity index (χ1) is 15.8. The summed E-state index contributed by atoms with van der Waals surface area (Å²) in [6.07, 6.45) is 4.19. The molecule has 1 atom stereocenters. The summed E-state index contributed by atoms with van der Waals surface area (Å²) in [4.78, 5) is 27.8. The van der Waals surface area contributed by atoms with Gasteiger partial charge in [0.1, 0.15) is 6.04 Å². The van der Waals surface area contributed by atoms with Gasteiger partial charge in [0.25, 0.3) is 0 Å². The number of halogens is 4. The Morgan fingerprint density at radius 3 is 2.33 bits per heavy atom. The van der Waals surface area contributed by atoms with E-state index in [4.69, 9.17) is 46.4 Å². The Labute approximate surface area is 219 Å². The van der Waals surface area contributed by atoms with Gasteiger partial charge in [0.15, 0.2) is 0 Å². The van der Waals surface area contributed by atoms with E-state index >= 15 is 0 Å². The van der Waals surface area contributed by atoms with E-state index in [0.717, 1.165) is 36.8 Å². The van der Waals surface area contributed by atoms with Crippen LogP contribution in [0.5, 0.6) is 0 Å². The second-order valence-electron chi connectivity index (χ2n) is 8.13. The van der Waals surface area contributed by atoms with Crippen LogP contribution in [0.1, 0.15) is 43.7 Å². The molecule has 2 aromatic carbocycles. The molecule has 1 fully saturated rings. The molecule has 2 amide bonds. The average Bonchev–Trinajstić information content (AvgIpc) is 3.29. The van der Waals surface area contributed by atoms with Gasteiger partial charge in [-0.2, -0.15) is 0 Å². The quantitative estimate of drug-likeness (QED) is 0.367. The van der Waals surface area contributed by atoms with Gasteiger partial charge in [-0.3, -0.25) is 9.59 Å². The van der Waals surface area contributed by atoms with Crippen LogP contribution < -0.4 is 5.32 Å². The highest BCUT2D eigenvalue weighted by Gasteiger charge is 2.28. The number of carbonyl (C=O) groups is 2. The predicted molar refractivity (Wildman–Crippen MR) is 139 cm³/mol. The maximum absolute atomic E-state index is 13.2. The van der Waals surface area contributed by atoms with Crippen LogP contribution in [0.15, 0.2) is 36.4 Å². The molecule has 0 heterocycles. The fourth-order valence-electron chi connectivity index (χ4n) is 3.80. The Hall–Kier alpha value is -1.11. The van der Waals surface area contributed by atoms with Gasteiger partial charge in [-0.1, -0.05) is 71.4 Å². The van der Waals surface area contributed by atoms with Crippen molar-refractivity contribution in [3.05, 3.63) is 67.6 Å². The van der Waals surface area contributed by atoms with Crippen molar-refractivity contribution in [2.45, 2.75) is 57.0 Å². The summed E-state index contributed by atoms with van der Waals surface area (Å²) in [5, 5.41) is 5.08. The molecule has 33 heavy (non-hydrogen) atoms. The minimum absolute atomic E-state index is 0.144. The second-order valence-corrected chi connectivity index (χ2v) is 10.7. The molecule has 0 spiro atoms. The monoisotopic (exact) mass is 546 g/mol. The molecule has 178 valence electrons. The maximum Gasteiger partial charge on any atom is 0.242 e. The van der Waals surface area contributed by atoms with Crippen LogP contribution >= 0.6 is 58.2 Å². The molecule has 4 nitrogen and oxygen atoms in total. The van der Waals surface area contributed by atoms with Crippen LogP contribution in [0, 0.1) is 0 Å². The summed E-state index contributed by atoms with van der Waals surface area (Å²) >= 11 is 26.1. The third kappa shape index (κ3) is 7.43. The molecule has 0 aromatic heterocycles. The van der Waals surface area contributed by atoms with Crippen molar-refractivity contribution in [3.63, 3.8) is 0 Å². The predicted octanol–water partition coefficient (Wildman–Crippen LogP) is 7.01. The standard InChI is InChI=1S/C24H26Cl4N2O2S/c1-15(24(32)29-17-5-2-3-6-17)30(12-16-9-10-21(27)22(28)11-16)23(31)14-33-13-18-19(25)7-4-8-20(18)26/h4,7-11,15,17H,2-3,5-6,12-14H2,1H3,(H,29,32). The zero-order valence-corrected chi connectivity index (χ0v) is 22.1. The number of benzene rings is 2. The van der Waals surface area contributed by atoms with Crippen molar-refractivity contribution in [1.29, 1.82) is 0 Å². The van der Waals surface area contributed by atoms with Gasteiger partial charge in [-0.15, -0.1) is 11.8 Å². The molecule has 3 rings (SSSR count). The smallest absolute Gasteiger partial charge is 0.242 e. The van der Waals surface area contributed by atoms with E-state index in [9.17, 15) is 9.59 Å². The van der Waals surface area contributed by atoms with Gasteiger partial charge in [0.05, 0.1) is 15.8 Å². The molecule has 2 aromatic rings. The van der Waals surface area contributed by atoms with Crippen LogP contribution in [0.25, 0.3) is 0 Å². The van der Waals surface area contributed by atoms with Crippen molar-refractivity contribution in [1.82, 2.24) is 10.2 Å². The SMILES string of the molecule is CC(C(=O)NC1CCCC1)N(Cc1ccc(Cl)c(Cl)c1)C(=O)CSCc1c(Cl)cccc1Cl. The lowest BCUT2D eigenvalue weighted by Crippen LogP contribution is -2.50. The summed E-state index contributed by atoms with van der Waals surface area (Å²) < 4.78 is 0. The van der Waals surface area contributed by atoms with E-state index in [1.54, 1.807) is 42.2 Å². The highest BCUT2D eigenvalue weighted by molar-refractivity contribution is 7.99. The first-order valence-electron chi connectivity index (χ1n) is 10.8. The molecule has 0 radical (unpaired) electrons. The molecule has 1 aliphatic rings. The highest BCUT2D eigenvalue weighted by atomic mass is 35.5. The van der Waals surface area contributed by atoms with Crippen molar-refractivity contribution < 1.29 is 9.59 Å². The normalized spacial score (nSPS) is 14.8. The molecule has 1 aliphatic carbocycles. The van der Waals surface area contributed by atoms with Crippen LogP contribution in [0.4, 0.5) is 0 Å². The lowest BCUT2D eigenvalue weighted by atomic mass is 10.1. The molecule has 0 aliphatic heterocycles. The average molecular weight is 548 g/mol. The number of hydrogen-bond donors (Lipinski definition) is 1. The Balaban J connectivity index is 1.70. The van der Waals surface area contributed by atoms with Gasteiger partial charge < -0.3 is 10.2 Å². The maximum atomic E-state index is 13.2. The summed E-state index contributed by atoms with van der Waals surface area (Å²) in [6.45, 7) is 2.01. The van der Waals surface area contributed by atoms with Crippen molar-refractivity contribution in [2.75, 3.05) is 5.75 Å². The number of thioether (sulfide) groups is 1. The number of hydrogen-bond acceptors (Lipinski definition) is 3. The van der Waals surface area contributed by atoms with Crippen LogP contribution in [-0.4, -0.2) is 34.6 Å². The van der Waals surface area contributed by atoms with E-state index in [0.29, 0.717) is 25.8 Å². The van der Waals surface area contributed by atoms with Crippen molar-refractivity contribution in [2.24, 2.45) is 0 Å². The molecule has 9 heteroatoms. The highest BCUT2D eigenvalue weighted by Crippen LogP contribution is 2.29. The first-order valence-corrected chi connectivity index (χ1v) is 13.5. The number of nitrogens with zero attached hydrogens (tertiary/aromatic N) is 1. The van der Waals surface area contributed by atoms with E-state index in [-0.39, 0.29) is 30.2 Å². The van der Waals surface area contributed by atoms with E-state index in [1.807, 2.05) is 6.07 Å². The Kier molecular flexibility index (Phi) is 10.1. The van der Waals surface area contributed by atoms with E-state index in [1.165, 1.54) is 11.8 Å². The molecule has 1 unspecified atom stereocenters. The summed E-state index contributed by atoms with van der Waals surface area (Å²) in [5.41, 5.74) is 1.60. The zero-order chi connectivity index (χ0) is 24.0. The summed E-state index contributed by atoms with van der Waals surface area (Å²) in [7, 11) is 0. The fraction of sp³-hybridized carbons (Fsp3) is 0.417. The summed E-state index contributed by atoms with van der Waals surface area (Å²) in [5.74, 6) is 0.384. The van der Waals surface area contributed by atoms with Crippen LogP contribution in [-0.2, 0) is 21.9 Å². The topological polar surface area (TPSA) is 49.4 Å². The molecule has 1 N–H and O–H groups in total. The molecule has 0 bridgehead atoms. The number of amides is 2. The Morgan fingerprint density at radius 2 is 1.70 bits per heavy atom. The lowest BCUT2D eigenvalue weighted by Gasteiger charge is -2.30. The number of rotatable bonds is 9. The van der Waals surface area contributed by atoms with E-state index in [2.05, 4.69) is 5.32 Å². The van der Waals surface area contributed by atoms with Crippen molar-refractivity contribution in [3.8, 4) is 0 Å². The van der Waals surface area contributed by atoms with Gasteiger partial charge in [-0.25, -0.2) is 0 Å². The first kappa shape index (κ1) is 26.5. The molecular formula is C24H26Cl4N2O2S. The minimum atomic E-state index is -0.628. The molecular weight excluding hydrogens is 522 g/mol. The van der Waals surface area contributed by atoms with Gasteiger partial charge >= 0.3 is 0 Å². The van der Waals surface area contributed by atoms with Gasteiger partial charge in [0.2, 0.25) is 11.8 Å². The van der Waals surface area contributed by atoms with Gasteiger partial charge in [-0.05, 0) is 55.2 Å². The zero-order valence-electron chi connectivity index (χ0n) is 18.3. The van der Waals surface area contributed by atoms with E-state index < -0.39 is 6.04 Å². The van der Waals surface area contributed by atoms with Crippen LogP contribution in [0.2, 0.25) is 20.1 Å². The largest absolute Gasteiger partial charge is 0.352 e.